The van der Waals surface area contributed by atoms with Crippen LogP contribution in [0.4, 0.5) is 0 Å². The minimum absolute atomic E-state index is 0.0842. The van der Waals surface area contributed by atoms with E-state index < -0.39 is 5.60 Å². The molecule has 1 unspecified atom stereocenters. The zero-order valence-corrected chi connectivity index (χ0v) is 12.0. The van der Waals surface area contributed by atoms with Gasteiger partial charge in [-0.05, 0) is 31.7 Å². The van der Waals surface area contributed by atoms with Gasteiger partial charge in [-0.3, -0.25) is 4.79 Å². The molecule has 0 aromatic heterocycles. The molecule has 1 fully saturated rings. The van der Waals surface area contributed by atoms with Crippen LogP contribution in [0.5, 0.6) is 0 Å². The van der Waals surface area contributed by atoms with Gasteiger partial charge in [0.15, 0.2) is 5.60 Å². The maximum atomic E-state index is 12.2. The Morgan fingerprint density at radius 1 is 1.58 bits per heavy atom. The molecule has 19 heavy (non-hydrogen) atoms. The summed E-state index contributed by atoms with van der Waals surface area (Å²) in [7, 11) is 1.99. The Bertz CT molecular complexity index is 467. The molecule has 104 valence electrons. The van der Waals surface area contributed by atoms with Gasteiger partial charge in [-0.15, -0.1) is 0 Å². The Hall–Kier alpha value is -1.10. The molecule has 0 bridgehead atoms. The van der Waals surface area contributed by atoms with Gasteiger partial charge in [0.25, 0.3) is 5.91 Å². The Morgan fingerprint density at radius 3 is 3.05 bits per heavy atom. The van der Waals surface area contributed by atoms with Crippen molar-refractivity contribution >= 4 is 17.5 Å². The predicted octanol–water partition coefficient (Wildman–Crippen LogP) is 1.68. The van der Waals surface area contributed by atoms with Gasteiger partial charge in [0.1, 0.15) is 0 Å². The third-order valence-electron chi connectivity index (χ3n) is 3.29. The molecule has 1 N–H and O–H groups in total. The Balaban J connectivity index is 1.94. The van der Waals surface area contributed by atoms with Crippen LogP contribution in [-0.4, -0.2) is 43.2 Å². The lowest BCUT2D eigenvalue weighted by atomic mass is 10.0. The van der Waals surface area contributed by atoms with E-state index in [2.05, 4.69) is 10.2 Å². The van der Waals surface area contributed by atoms with E-state index in [-0.39, 0.29) is 5.91 Å². The van der Waals surface area contributed by atoms with Crippen molar-refractivity contribution in [3.63, 3.8) is 0 Å². The predicted molar refractivity (Wildman–Crippen MR) is 75.2 cm³/mol. The zero-order valence-electron chi connectivity index (χ0n) is 11.3. The third-order valence-corrected chi connectivity index (χ3v) is 3.52. The minimum atomic E-state index is -0.772. The lowest BCUT2D eigenvalue weighted by Crippen LogP contribution is -2.57. The molecule has 1 atom stereocenters. The second-order valence-electron chi connectivity index (χ2n) is 5.13. The summed E-state index contributed by atoms with van der Waals surface area (Å²) in [4.78, 5) is 14.3. The van der Waals surface area contributed by atoms with Crippen molar-refractivity contribution in [1.82, 2.24) is 10.2 Å². The first-order valence-corrected chi connectivity index (χ1v) is 6.73. The summed E-state index contributed by atoms with van der Waals surface area (Å²) < 4.78 is 5.63. The van der Waals surface area contributed by atoms with Gasteiger partial charge in [-0.2, -0.15) is 0 Å². The van der Waals surface area contributed by atoms with Crippen molar-refractivity contribution < 1.29 is 9.53 Å². The van der Waals surface area contributed by atoms with Crippen LogP contribution in [0.25, 0.3) is 0 Å². The number of nitrogens with zero attached hydrogens (tertiary/aromatic N) is 1. The SMILES string of the molecule is CN1CCOC(C)(C(=O)NCc2cccc(Cl)c2)C1. The highest BCUT2D eigenvalue weighted by Gasteiger charge is 2.37. The summed E-state index contributed by atoms with van der Waals surface area (Å²) in [6.07, 6.45) is 0. The number of hydrogen-bond donors (Lipinski definition) is 1. The Labute approximate surface area is 118 Å². The number of carbonyl (C=O) groups excluding carboxylic acids is 1. The number of nitrogens with one attached hydrogen (secondary N) is 1. The van der Waals surface area contributed by atoms with Gasteiger partial charge in [0.2, 0.25) is 0 Å². The van der Waals surface area contributed by atoms with E-state index >= 15 is 0 Å². The molecule has 0 radical (unpaired) electrons. The highest BCUT2D eigenvalue weighted by Crippen LogP contribution is 2.17. The molecule has 0 spiro atoms. The Morgan fingerprint density at radius 2 is 2.37 bits per heavy atom. The summed E-state index contributed by atoms with van der Waals surface area (Å²) in [6, 6.07) is 7.46. The smallest absolute Gasteiger partial charge is 0.253 e. The largest absolute Gasteiger partial charge is 0.363 e. The highest BCUT2D eigenvalue weighted by atomic mass is 35.5. The van der Waals surface area contributed by atoms with E-state index in [1.807, 2.05) is 38.2 Å². The average Bonchev–Trinajstić information content (AvgIpc) is 2.35. The number of hydrogen-bond acceptors (Lipinski definition) is 3. The number of morpholine rings is 1. The number of ether oxygens (including phenoxy) is 1. The van der Waals surface area contributed by atoms with E-state index in [1.54, 1.807) is 0 Å². The van der Waals surface area contributed by atoms with Gasteiger partial charge in [-0.25, -0.2) is 0 Å². The number of carbonyl (C=O) groups is 1. The zero-order chi connectivity index (χ0) is 13.9. The van der Waals surface area contributed by atoms with Gasteiger partial charge in [0.05, 0.1) is 6.61 Å². The number of halogens is 1. The van der Waals surface area contributed by atoms with Crippen LogP contribution in [-0.2, 0) is 16.1 Å². The van der Waals surface area contributed by atoms with Gasteiger partial charge >= 0.3 is 0 Å². The maximum Gasteiger partial charge on any atom is 0.253 e. The average molecular weight is 283 g/mol. The molecule has 1 saturated heterocycles. The first-order valence-electron chi connectivity index (χ1n) is 6.35. The molecule has 4 nitrogen and oxygen atoms in total. The summed E-state index contributed by atoms with van der Waals surface area (Å²) in [6.45, 7) is 4.33. The van der Waals surface area contributed by atoms with Gasteiger partial charge in [0, 0.05) is 24.7 Å². The van der Waals surface area contributed by atoms with Crippen molar-refractivity contribution in [2.45, 2.75) is 19.1 Å². The maximum absolute atomic E-state index is 12.2. The van der Waals surface area contributed by atoms with Crippen molar-refractivity contribution in [2.24, 2.45) is 0 Å². The summed E-state index contributed by atoms with van der Waals surface area (Å²) in [5.74, 6) is -0.0842. The topological polar surface area (TPSA) is 41.6 Å². The summed E-state index contributed by atoms with van der Waals surface area (Å²) >= 11 is 5.91. The highest BCUT2D eigenvalue weighted by molar-refractivity contribution is 6.30. The molecule has 1 heterocycles. The number of amides is 1. The van der Waals surface area contributed by atoms with E-state index in [4.69, 9.17) is 16.3 Å². The second-order valence-corrected chi connectivity index (χ2v) is 5.57. The summed E-state index contributed by atoms with van der Waals surface area (Å²) in [5.41, 5.74) is 0.208. The molecule has 1 aromatic carbocycles. The van der Waals surface area contributed by atoms with Crippen LogP contribution in [0.1, 0.15) is 12.5 Å². The molecule has 5 heteroatoms. The standard InChI is InChI=1S/C14H19ClN2O2/c1-14(10-17(2)6-7-19-14)13(18)16-9-11-4-3-5-12(15)8-11/h3-5,8H,6-7,9-10H2,1-2H3,(H,16,18). The first-order chi connectivity index (χ1) is 8.99. The Kier molecular flexibility index (Phi) is 4.45. The fourth-order valence-electron chi connectivity index (χ4n) is 2.22. The van der Waals surface area contributed by atoms with Gasteiger partial charge in [-0.1, -0.05) is 23.7 Å². The quantitative estimate of drug-likeness (QED) is 0.917. The van der Waals surface area contributed by atoms with Crippen LogP contribution in [0.15, 0.2) is 24.3 Å². The van der Waals surface area contributed by atoms with Crippen LogP contribution in [0, 0.1) is 0 Å². The normalized spacial score (nSPS) is 24.2. The van der Waals surface area contributed by atoms with Crippen LogP contribution >= 0.6 is 11.6 Å². The number of benzene rings is 1. The number of rotatable bonds is 3. The third kappa shape index (κ3) is 3.69. The lowest BCUT2D eigenvalue weighted by Gasteiger charge is -2.37. The van der Waals surface area contributed by atoms with Crippen molar-refractivity contribution in [3.05, 3.63) is 34.9 Å². The second kappa shape index (κ2) is 5.90. The summed E-state index contributed by atoms with van der Waals surface area (Å²) in [5, 5.41) is 3.58. The minimum Gasteiger partial charge on any atom is -0.363 e. The molecule has 0 saturated carbocycles. The van der Waals surface area contributed by atoms with Crippen molar-refractivity contribution in [3.8, 4) is 0 Å². The molecule has 0 aliphatic carbocycles. The van der Waals surface area contributed by atoms with Gasteiger partial charge < -0.3 is 15.0 Å². The molecule has 1 aromatic rings. The fourth-order valence-corrected chi connectivity index (χ4v) is 2.43. The van der Waals surface area contributed by atoms with Crippen LogP contribution in [0.2, 0.25) is 5.02 Å². The molecule has 2 rings (SSSR count). The molecular formula is C14H19ClN2O2. The van der Waals surface area contributed by atoms with Crippen LogP contribution < -0.4 is 5.32 Å². The monoisotopic (exact) mass is 282 g/mol. The van der Waals surface area contributed by atoms with Crippen molar-refractivity contribution in [1.29, 1.82) is 0 Å². The van der Waals surface area contributed by atoms with E-state index in [1.165, 1.54) is 0 Å². The fraction of sp³-hybridized carbons (Fsp3) is 0.500. The number of likely N-dealkylation sites (N-methyl/N-ethyl adjacent to an activating group) is 1. The molecule has 1 amide bonds. The van der Waals surface area contributed by atoms with E-state index in [0.29, 0.717) is 24.7 Å². The molecule has 1 aliphatic rings. The van der Waals surface area contributed by atoms with E-state index in [9.17, 15) is 4.79 Å². The van der Waals surface area contributed by atoms with Crippen molar-refractivity contribution in [2.75, 3.05) is 26.7 Å². The van der Waals surface area contributed by atoms with Crippen LogP contribution in [0.3, 0.4) is 0 Å². The van der Waals surface area contributed by atoms with E-state index in [0.717, 1.165) is 12.1 Å². The lowest BCUT2D eigenvalue weighted by molar-refractivity contribution is -0.155. The molecule has 1 aliphatic heterocycles. The molecular weight excluding hydrogens is 264 g/mol. The first kappa shape index (κ1) is 14.3.